The summed E-state index contributed by atoms with van der Waals surface area (Å²) in [5.41, 5.74) is 4.10. The highest BCUT2D eigenvalue weighted by Crippen LogP contribution is 2.09. The quantitative estimate of drug-likeness (QED) is 0.780. The number of alkyl halides is 1. The van der Waals surface area contributed by atoms with E-state index in [1.54, 1.807) is 0 Å². The van der Waals surface area contributed by atoms with Crippen LogP contribution in [0.4, 0.5) is 0 Å². The van der Waals surface area contributed by atoms with E-state index in [0.29, 0.717) is 6.04 Å². The first-order valence-corrected chi connectivity index (χ1v) is 7.14. The van der Waals surface area contributed by atoms with Gasteiger partial charge in [-0.2, -0.15) is 0 Å². The summed E-state index contributed by atoms with van der Waals surface area (Å²) >= 11 is 3.50. The highest BCUT2D eigenvalue weighted by molar-refractivity contribution is 9.09. The van der Waals surface area contributed by atoms with Crippen molar-refractivity contribution in [3.8, 4) is 0 Å². The second kappa shape index (κ2) is 7.08. The first-order valence-electron chi connectivity index (χ1n) is 6.02. The zero-order chi connectivity index (χ0) is 12.0. The highest BCUT2D eigenvalue weighted by Gasteiger charge is 2.04. The summed E-state index contributed by atoms with van der Waals surface area (Å²) in [6, 6.07) is 7.38. The molecule has 0 fully saturated rings. The van der Waals surface area contributed by atoms with E-state index in [1.807, 2.05) is 0 Å². The second-order valence-corrected chi connectivity index (χ2v) is 5.25. The van der Waals surface area contributed by atoms with Crippen molar-refractivity contribution in [2.75, 3.05) is 5.33 Å². The smallest absolute Gasteiger partial charge is 0.0208 e. The molecule has 16 heavy (non-hydrogen) atoms. The standard InChI is InChI=1S/C14H22BrN/c1-4-14(5-6-15)16-10-13-8-11(2)7-12(3)9-13/h7-9,14,16H,4-6,10H2,1-3H3. The summed E-state index contributed by atoms with van der Waals surface area (Å²) in [4.78, 5) is 0. The Hall–Kier alpha value is -0.340. The van der Waals surface area contributed by atoms with Gasteiger partial charge in [0.2, 0.25) is 0 Å². The minimum absolute atomic E-state index is 0.625. The van der Waals surface area contributed by atoms with Crippen LogP contribution in [0.3, 0.4) is 0 Å². The van der Waals surface area contributed by atoms with Gasteiger partial charge in [-0.25, -0.2) is 0 Å². The third kappa shape index (κ3) is 4.67. The molecule has 0 bridgehead atoms. The second-order valence-electron chi connectivity index (χ2n) is 4.46. The van der Waals surface area contributed by atoms with Gasteiger partial charge in [-0.1, -0.05) is 52.2 Å². The fourth-order valence-electron chi connectivity index (χ4n) is 2.02. The zero-order valence-electron chi connectivity index (χ0n) is 10.5. The topological polar surface area (TPSA) is 12.0 Å². The van der Waals surface area contributed by atoms with E-state index in [-0.39, 0.29) is 0 Å². The van der Waals surface area contributed by atoms with Crippen molar-refractivity contribution in [2.45, 2.75) is 46.2 Å². The van der Waals surface area contributed by atoms with Gasteiger partial charge in [0.1, 0.15) is 0 Å². The van der Waals surface area contributed by atoms with Crippen molar-refractivity contribution in [2.24, 2.45) is 0 Å². The number of halogens is 1. The maximum absolute atomic E-state index is 3.61. The molecule has 0 amide bonds. The molecule has 1 atom stereocenters. The van der Waals surface area contributed by atoms with Crippen molar-refractivity contribution in [3.05, 3.63) is 34.9 Å². The van der Waals surface area contributed by atoms with Crippen molar-refractivity contribution in [1.29, 1.82) is 0 Å². The Morgan fingerprint density at radius 1 is 1.19 bits per heavy atom. The van der Waals surface area contributed by atoms with Crippen LogP contribution < -0.4 is 5.32 Å². The minimum atomic E-state index is 0.625. The summed E-state index contributed by atoms with van der Waals surface area (Å²) in [6.07, 6.45) is 2.39. The lowest BCUT2D eigenvalue weighted by Gasteiger charge is -2.16. The normalized spacial score (nSPS) is 12.8. The average Bonchev–Trinajstić information content (AvgIpc) is 2.23. The van der Waals surface area contributed by atoms with Gasteiger partial charge in [0.05, 0.1) is 0 Å². The van der Waals surface area contributed by atoms with Crippen LogP contribution in [0.15, 0.2) is 18.2 Å². The van der Waals surface area contributed by atoms with Crippen molar-refractivity contribution < 1.29 is 0 Å². The fourth-order valence-corrected chi connectivity index (χ4v) is 2.57. The van der Waals surface area contributed by atoms with Gasteiger partial charge in [-0.3, -0.25) is 0 Å². The molecule has 2 heteroatoms. The highest BCUT2D eigenvalue weighted by atomic mass is 79.9. The van der Waals surface area contributed by atoms with Gasteiger partial charge < -0.3 is 5.32 Å². The Kier molecular flexibility index (Phi) is 6.07. The van der Waals surface area contributed by atoms with E-state index in [0.717, 1.165) is 11.9 Å². The van der Waals surface area contributed by atoms with Crippen LogP contribution in [-0.2, 0) is 6.54 Å². The Morgan fingerprint density at radius 3 is 2.31 bits per heavy atom. The van der Waals surface area contributed by atoms with E-state index >= 15 is 0 Å². The van der Waals surface area contributed by atoms with Gasteiger partial charge in [-0.05, 0) is 32.3 Å². The Balaban J connectivity index is 2.52. The van der Waals surface area contributed by atoms with E-state index in [9.17, 15) is 0 Å². The van der Waals surface area contributed by atoms with E-state index in [2.05, 4.69) is 60.2 Å². The molecule has 1 nitrogen and oxygen atoms in total. The Morgan fingerprint density at radius 2 is 1.81 bits per heavy atom. The number of hydrogen-bond donors (Lipinski definition) is 1. The predicted octanol–water partition coefficient (Wildman–Crippen LogP) is 3.96. The molecule has 0 radical (unpaired) electrons. The van der Waals surface area contributed by atoms with Gasteiger partial charge in [0.25, 0.3) is 0 Å². The van der Waals surface area contributed by atoms with Crippen molar-refractivity contribution in [3.63, 3.8) is 0 Å². The molecular weight excluding hydrogens is 262 g/mol. The summed E-state index contributed by atoms with van der Waals surface area (Å²) < 4.78 is 0. The number of benzene rings is 1. The van der Waals surface area contributed by atoms with Crippen LogP contribution in [0.2, 0.25) is 0 Å². The van der Waals surface area contributed by atoms with Gasteiger partial charge in [0, 0.05) is 17.9 Å². The van der Waals surface area contributed by atoms with E-state index in [1.165, 1.54) is 29.5 Å². The Bertz CT molecular complexity index is 302. The van der Waals surface area contributed by atoms with Crippen LogP contribution in [0.25, 0.3) is 0 Å². The van der Waals surface area contributed by atoms with E-state index in [4.69, 9.17) is 0 Å². The number of aryl methyl sites for hydroxylation is 2. The molecular formula is C14H22BrN. The molecule has 90 valence electrons. The molecule has 0 spiro atoms. The minimum Gasteiger partial charge on any atom is -0.310 e. The maximum Gasteiger partial charge on any atom is 0.0208 e. The molecule has 0 aliphatic heterocycles. The molecule has 1 N–H and O–H groups in total. The summed E-state index contributed by atoms with van der Waals surface area (Å²) in [5.74, 6) is 0. The zero-order valence-corrected chi connectivity index (χ0v) is 12.1. The van der Waals surface area contributed by atoms with E-state index < -0.39 is 0 Å². The van der Waals surface area contributed by atoms with Gasteiger partial charge in [0.15, 0.2) is 0 Å². The molecule has 0 aromatic heterocycles. The third-order valence-electron chi connectivity index (χ3n) is 2.83. The first-order chi connectivity index (χ1) is 7.65. The molecule has 1 aromatic carbocycles. The van der Waals surface area contributed by atoms with Crippen LogP contribution in [0.1, 0.15) is 36.5 Å². The lowest BCUT2D eigenvalue weighted by atomic mass is 10.1. The summed E-state index contributed by atoms with van der Waals surface area (Å²) in [5, 5.41) is 4.69. The molecule has 0 aliphatic carbocycles. The fraction of sp³-hybridized carbons (Fsp3) is 0.571. The predicted molar refractivity (Wildman–Crippen MR) is 75.2 cm³/mol. The lowest BCUT2D eigenvalue weighted by Crippen LogP contribution is -2.28. The average molecular weight is 284 g/mol. The third-order valence-corrected chi connectivity index (χ3v) is 3.28. The molecule has 0 saturated carbocycles. The largest absolute Gasteiger partial charge is 0.310 e. The van der Waals surface area contributed by atoms with Crippen LogP contribution in [-0.4, -0.2) is 11.4 Å². The van der Waals surface area contributed by atoms with Crippen molar-refractivity contribution in [1.82, 2.24) is 5.32 Å². The molecule has 1 aromatic rings. The van der Waals surface area contributed by atoms with Crippen LogP contribution in [0.5, 0.6) is 0 Å². The summed E-state index contributed by atoms with van der Waals surface area (Å²) in [6.45, 7) is 7.54. The maximum atomic E-state index is 3.61. The molecule has 0 saturated heterocycles. The van der Waals surface area contributed by atoms with Crippen LogP contribution >= 0.6 is 15.9 Å². The molecule has 0 aliphatic rings. The SMILES string of the molecule is CCC(CCBr)NCc1cc(C)cc(C)c1. The van der Waals surface area contributed by atoms with Gasteiger partial charge in [-0.15, -0.1) is 0 Å². The number of nitrogens with one attached hydrogen (secondary N) is 1. The number of hydrogen-bond acceptors (Lipinski definition) is 1. The molecule has 0 heterocycles. The molecule has 1 rings (SSSR count). The first kappa shape index (κ1) is 13.7. The van der Waals surface area contributed by atoms with Crippen LogP contribution in [0, 0.1) is 13.8 Å². The lowest BCUT2D eigenvalue weighted by molar-refractivity contribution is 0.488. The monoisotopic (exact) mass is 283 g/mol. The summed E-state index contributed by atoms with van der Waals surface area (Å²) in [7, 11) is 0. The number of rotatable bonds is 6. The van der Waals surface area contributed by atoms with Crippen molar-refractivity contribution >= 4 is 15.9 Å². The Labute approximate surface area is 108 Å². The molecule has 1 unspecified atom stereocenters. The van der Waals surface area contributed by atoms with Gasteiger partial charge >= 0.3 is 0 Å².